The van der Waals surface area contributed by atoms with E-state index in [1.165, 1.54) is 0 Å². The molecule has 0 aromatic heterocycles. The van der Waals surface area contributed by atoms with E-state index in [1.54, 1.807) is 0 Å². The van der Waals surface area contributed by atoms with E-state index >= 15 is 0 Å². The van der Waals surface area contributed by atoms with Crippen LogP contribution in [0.3, 0.4) is 0 Å². The van der Waals surface area contributed by atoms with Gasteiger partial charge in [-0.2, -0.15) is 0 Å². The van der Waals surface area contributed by atoms with E-state index in [0.29, 0.717) is 0 Å². The van der Waals surface area contributed by atoms with Crippen LogP contribution in [0, 0.1) is 41.7 Å². The zero-order valence-corrected chi connectivity index (χ0v) is 20.6. The average molecular weight is 523 g/mol. The van der Waals surface area contributed by atoms with Gasteiger partial charge < -0.3 is 0 Å². The summed E-state index contributed by atoms with van der Waals surface area (Å²) in [5.74, 6) is 0. The molecule has 17 heteroatoms. The van der Waals surface area contributed by atoms with Crippen molar-refractivity contribution in [1.29, 1.82) is 0 Å². The molecule has 0 aromatic carbocycles. The minimum Gasteiger partial charge on any atom is 2.00 e. The molecule has 0 atom stereocenters. The first-order chi connectivity index (χ1) is 7.07. The van der Waals surface area contributed by atoms with Crippen LogP contribution in [-0.2, 0) is 19.0 Å². The maximum Gasteiger partial charge on any atom is 2.00 e. The summed E-state index contributed by atoms with van der Waals surface area (Å²) in [6, 6.07) is 0. The van der Waals surface area contributed by atoms with Crippen molar-refractivity contribution in [3.8, 4) is 0 Å². The summed E-state index contributed by atoms with van der Waals surface area (Å²) >= 11 is -8.75. The minimum absolute atomic E-state index is 0. The van der Waals surface area contributed by atoms with E-state index in [9.17, 15) is 0 Å². The van der Waals surface area contributed by atoms with Crippen molar-refractivity contribution < 1.29 is 81.6 Å². The molecule has 0 aromatic rings. The molecule has 81 valence electrons. The van der Waals surface area contributed by atoms with Crippen molar-refractivity contribution in [2.24, 2.45) is 0 Å². The average Bonchev–Trinajstić information content (AvgIpc) is 2.09. The van der Waals surface area contributed by atoms with Gasteiger partial charge in [0, 0.05) is 0 Å². The molecule has 0 heterocycles. The largest absolute Gasteiger partial charge is 2.00 e. The SMILES string of the molecule is [Ce+3].[O]=[Al][O-].[O]=[Al][O-].[O]=[Al][O-].[O]=[Al][O-].[O]=[Al][O-].[Sr+2]. The van der Waals surface area contributed by atoms with Crippen LogP contribution in [0.2, 0.25) is 0 Å². The zero-order valence-electron chi connectivity index (χ0n) is 8.18. The van der Waals surface area contributed by atoms with Crippen molar-refractivity contribution in [3.63, 3.8) is 0 Å². The topological polar surface area (TPSA) is 201 Å². The van der Waals surface area contributed by atoms with Gasteiger partial charge in [0.2, 0.25) is 0 Å². The van der Waals surface area contributed by atoms with Gasteiger partial charge in [-0.1, -0.05) is 0 Å². The summed E-state index contributed by atoms with van der Waals surface area (Å²) in [7, 11) is 0. The Labute approximate surface area is 199 Å². The zero-order chi connectivity index (χ0) is 13.5. The van der Waals surface area contributed by atoms with E-state index in [1.807, 2.05) is 0 Å². The molecule has 0 amide bonds. The maximum atomic E-state index is 8.46. The Morgan fingerprint density at radius 1 is 0.471 bits per heavy atom. The van der Waals surface area contributed by atoms with Gasteiger partial charge in [-0.3, -0.25) is 0 Å². The Hall–Kier alpha value is 3.52. The summed E-state index contributed by atoms with van der Waals surface area (Å²) < 4.78 is 84.6. The van der Waals surface area contributed by atoms with Crippen LogP contribution in [-0.4, -0.2) is 123 Å². The Bertz CT molecular complexity index is 97.0. The van der Waals surface area contributed by atoms with Crippen molar-refractivity contribution in [2.75, 3.05) is 0 Å². The van der Waals surface area contributed by atoms with Gasteiger partial charge >= 0.3 is 204 Å². The normalized spacial score (nSPS) is 2.35. The molecule has 0 N–H and O–H groups in total. The quantitative estimate of drug-likeness (QED) is 0.275. The second-order valence-corrected chi connectivity index (χ2v) is 1.44. The monoisotopic (exact) mass is 523 g/mol. The van der Waals surface area contributed by atoms with Gasteiger partial charge in [-0.05, 0) is 0 Å². The van der Waals surface area contributed by atoms with E-state index in [0.717, 1.165) is 0 Å². The molecule has 0 bridgehead atoms. The van der Waals surface area contributed by atoms with E-state index in [4.69, 9.17) is 39.8 Å². The molecule has 0 saturated carbocycles. The predicted octanol–water partition coefficient (Wildman–Crippen LogP) is -8.82. The van der Waals surface area contributed by atoms with Gasteiger partial charge in [0.1, 0.15) is 0 Å². The summed E-state index contributed by atoms with van der Waals surface area (Å²) in [4.78, 5) is 0. The molecule has 0 unspecified atom stereocenters. The third-order valence-corrected chi connectivity index (χ3v) is 0. The molecule has 0 fully saturated rings. The smallest absolute Gasteiger partial charge is 2.00 e. The second-order valence-electron chi connectivity index (χ2n) is 0.481. The van der Waals surface area contributed by atoms with Crippen molar-refractivity contribution in [3.05, 3.63) is 0 Å². The van der Waals surface area contributed by atoms with Crippen LogP contribution in [0.5, 0.6) is 0 Å². The van der Waals surface area contributed by atoms with E-state index in [2.05, 4.69) is 0 Å². The number of hydrogen-bond donors (Lipinski definition) is 0. The molecule has 0 saturated heterocycles. The Kier molecular flexibility index (Phi) is 232. The molecule has 0 spiro atoms. The molecule has 0 aliphatic carbocycles. The van der Waals surface area contributed by atoms with Crippen LogP contribution in [0.15, 0.2) is 0 Å². The predicted molar refractivity (Wildman–Crippen MR) is 38.0 cm³/mol. The van der Waals surface area contributed by atoms with Crippen LogP contribution >= 0.6 is 0 Å². The molecular weight excluding hydrogens is 523 g/mol. The third kappa shape index (κ3) is 484. The summed E-state index contributed by atoms with van der Waals surface area (Å²) in [5.41, 5.74) is 0. The van der Waals surface area contributed by atoms with Crippen LogP contribution in [0.1, 0.15) is 0 Å². The van der Waals surface area contributed by atoms with Gasteiger partial charge in [-0.15, -0.1) is 0 Å². The van der Waals surface area contributed by atoms with Gasteiger partial charge in [0.25, 0.3) is 0 Å². The van der Waals surface area contributed by atoms with Crippen LogP contribution in [0.4, 0.5) is 0 Å². The fourth-order valence-electron chi connectivity index (χ4n) is 0. The molecule has 0 aliphatic rings. The van der Waals surface area contributed by atoms with Crippen LogP contribution in [0.25, 0.3) is 0 Å². The standard InChI is InChI=1S/5Al.Ce.10O.Sr/q;;;;;+3;;;;;;5*-1;+2. The van der Waals surface area contributed by atoms with Gasteiger partial charge in [0.15, 0.2) is 0 Å². The molecule has 10 nitrogen and oxygen atoms in total. The van der Waals surface area contributed by atoms with Gasteiger partial charge in [-0.25, -0.2) is 0 Å². The Balaban J connectivity index is -0.0000000143. The van der Waals surface area contributed by atoms with Crippen molar-refractivity contribution in [1.82, 2.24) is 0 Å². The van der Waals surface area contributed by atoms with Crippen molar-refractivity contribution >= 4 is 123 Å². The van der Waals surface area contributed by atoms with Gasteiger partial charge in [0.05, 0.1) is 0 Å². The van der Waals surface area contributed by atoms with Crippen molar-refractivity contribution in [2.45, 2.75) is 0 Å². The fourth-order valence-corrected chi connectivity index (χ4v) is 0. The second kappa shape index (κ2) is 92.2. The summed E-state index contributed by atoms with van der Waals surface area (Å²) in [6.45, 7) is 0. The number of rotatable bonds is 0. The fraction of sp³-hybridized carbons (Fsp3) is 0. The Morgan fingerprint density at radius 3 is 0.471 bits per heavy atom. The number of hydrogen-bond acceptors (Lipinski definition) is 10. The Morgan fingerprint density at radius 2 is 0.471 bits per heavy atom. The molecular formula is Al5CeO10Sr. The van der Waals surface area contributed by atoms with E-state index < -0.39 is 77.4 Å². The molecule has 0 rings (SSSR count). The first-order valence-electron chi connectivity index (χ1n) is 2.36. The first-order valence-corrected chi connectivity index (χ1v) is 7.07. The molecule has 1 radical (unpaired) electrons. The first kappa shape index (κ1) is 42.8. The molecule has 17 heavy (non-hydrogen) atoms. The maximum absolute atomic E-state index is 8.46. The van der Waals surface area contributed by atoms with Crippen LogP contribution < -0.4 is 20.8 Å². The summed E-state index contributed by atoms with van der Waals surface area (Å²) in [6.07, 6.45) is 0. The molecule has 0 aliphatic heterocycles. The third-order valence-electron chi connectivity index (χ3n) is 0. The summed E-state index contributed by atoms with van der Waals surface area (Å²) in [5, 5.41) is 0. The minimum atomic E-state index is -1.75. The van der Waals surface area contributed by atoms with E-state index in [-0.39, 0.29) is 87.2 Å².